The van der Waals surface area contributed by atoms with Crippen molar-refractivity contribution in [1.29, 1.82) is 0 Å². The van der Waals surface area contributed by atoms with Crippen LogP contribution < -0.4 is 15.0 Å². The van der Waals surface area contributed by atoms with E-state index in [1.807, 2.05) is 35.7 Å². The molecule has 2 aromatic heterocycles. The lowest BCUT2D eigenvalue weighted by Crippen LogP contribution is -2.41. The molecule has 25 heavy (non-hydrogen) atoms. The molecule has 3 heterocycles. The number of hydrogen-bond donors (Lipinski definition) is 1. The average Bonchev–Trinajstić information content (AvgIpc) is 3.10. The largest absolute Gasteiger partial charge is 0.486 e. The summed E-state index contributed by atoms with van der Waals surface area (Å²) in [6.07, 6.45) is -0.0496. The van der Waals surface area contributed by atoms with E-state index in [0.29, 0.717) is 30.2 Å². The van der Waals surface area contributed by atoms with Gasteiger partial charge in [-0.1, -0.05) is 19.1 Å². The van der Waals surface area contributed by atoms with E-state index in [1.165, 1.54) is 11.3 Å². The highest BCUT2D eigenvalue weighted by atomic mass is 32.1. The number of fused-ring (bicyclic) bond motifs is 2. The van der Waals surface area contributed by atoms with Crippen LogP contribution in [0.15, 0.2) is 40.5 Å². The van der Waals surface area contributed by atoms with E-state index >= 15 is 0 Å². The Hall–Kier alpha value is -2.38. The second-order valence-corrected chi connectivity index (χ2v) is 6.89. The van der Waals surface area contributed by atoms with Gasteiger partial charge in [-0.15, -0.1) is 11.3 Å². The van der Waals surface area contributed by atoms with E-state index in [-0.39, 0.29) is 11.7 Å². The monoisotopic (exact) mass is 357 g/mol. The van der Waals surface area contributed by atoms with Crippen LogP contribution in [-0.4, -0.2) is 40.7 Å². The van der Waals surface area contributed by atoms with Crippen molar-refractivity contribution in [3.05, 3.63) is 51.9 Å². The third-order valence-electron chi connectivity index (χ3n) is 4.21. The topological polar surface area (TPSA) is 67.5 Å². The van der Waals surface area contributed by atoms with Crippen molar-refractivity contribution in [1.82, 2.24) is 14.9 Å². The number of H-pyrrole nitrogens is 1. The summed E-state index contributed by atoms with van der Waals surface area (Å²) in [5.41, 5.74) is 0.684. The zero-order valence-electron chi connectivity index (χ0n) is 13.9. The predicted molar refractivity (Wildman–Crippen MR) is 97.5 cm³/mol. The molecule has 1 atom stereocenters. The first-order chi connectivity index (χ1) is 12.2. The van der Waals surface area contributed by atoms with Gasteiger partial charge in [-0.05, 0) is 30.1 Å². The fourth-order valence-electron chi connectivity index (χ4n) is 2.95. The Morgan fingerprint density at radius 2 is 2.16 bits per heavy atom. The molecular weight excluding hydrogens is 338 g/mol. The SMILES string of the molecule is CCN(Cc1nc2ccsc2c(=O)[nH]1)C[C@@H]1COc2ccccc2O1. The van der Waals surface area contributed by atoms with Crippen LogP contribution >= 0.6 is 11.3 Å². The zero-order chi connectivity index (χ0) is 17.2. The number of rotatable bonds is 5. The van der Waals surface area contributed by atoms with Crippen LogP contribution in [0.25, 0.3) is 10.2 Å². The number of benzene rings is 1. The van der Waals surface area contributed by atoms with Gasteiger partial charge in [0.1, 0.15) is 23.2 Å². The van der Waals surface area contributed by atoms with Gasteiger partial charge in [-0.2, -0.15) is 0 Å². The smallest absolute Gasteiger partial charge is 0.268 e. The third kappa shape index (κ3) is 3.38. The molecule has 0 bridgehead atoms. The minimum atomic E-state index is -0.0720. The highest BCUT2D eigenvalue weighted by molar-refractivity contribution is 7.17. The van der Waals surface area contributed by atoms with E-state index in [1.54, 1.807) is 0 Å². The quantitative estimate of drug-likeness (QED) is 0.760. The van der Waals surface area contributed by atoms with Gasteiger partial charge in [0, 0.05) is 6.54 Å². The fraction of sp³-hybridized carbons (Fsp3) is 0.333. The number of hydrogen-bond acceptors (Lipinski definition) is 6. The van der Waals surface area contributed by atoms with Crippen LogP contribution in [-0.2, 0) is 6.54 Å². The van der Waals surface area contributed by atoms with E-state index in [0.717, 1.165) is 23.6 Å². The molecule has 0 radical (unpaired) electrons. The summed E-state index contributed by atoms with van der Waals surface area (Å²) in [5, 5.41) is 1.89. The van der Waals surface area contributed by atoms with Crippen molar-refractivity contribution in [2.75, 3.05) is 19.7 Å². The fourth-order valence-corrected chi connectivity index (χ4v) is 3.68. The Morgan fingerprint density at radius 3 is 3.00 bits per heavy atom. The summed E-state index contributed by atoms with van der Waals surface area (Å²) in [4.78, 5) is 21.7. The molecule has 0 spiro atoms. The summed E-state index contributed by atoms with van der Waals surface area (Å²) < 4.78 is 12.5. The molecule has 1 aliphatic rings. The zero-order valence-corrected chi connectivity index (χ0v) is 14.7. The maximum atomic E-state index is 12.1. The molecule has 0 amide bonds. The van der Waals surface area contributed by atoms with Gasteiger partial charge in [0.25, 0.3) is 5.56 Å². The van der Waals surface area contributed by atoms with E-state index in [9.17, 15) is 4.79 Å². The standard InChI is InChI=1S/C18H19N3O3S/c1-2-21(9-12-11-23-14-5-3-4-6-15(14)24-12)10-16-19-13-7-8-25-17(13)18(22)20-16/h3-8,12H,2,9-11H2,1H3,(H,19,20,22)/t12-/m1/s1. The first kappa shape index (κ1) is 16.1. The molecular formula is C18H19N3O3S. The van der Waals surface area contributed by atoms with Crippen molar-refractivity contribution in [3.8, 4) is 11.5 Å². The number of para-hydroxylation sites is 2. The van der Waals surface area contributed by atoms with Gasteiger partial charge in [-0.25, -0.2) is 4.98 Å². The van der Waals surface area contributed by atoms with Crippen LogP contribution in [0.2, 0.25) is 0 Å². The summed E-state index contributed by atoms with van der Waals surface area (Å²) >= 11 is 1.41. The van der Waals surface area contributed by atoms with Gasteiger partial charge < -0.3 is 14.5 Å². The molecule has 7 heteroatoms. The summed E-state index contributed by atoms with van der Waals surface area (Å²) in [6.45, 7) is 4.70. The summed E-state index contributed by atoms with van der Waals surface area (Å²) in [6, 6.07) is 9.58. The molecule has 4 rings (SSSR count). The number of aromatic nitrogens is 2. The molecule has 6 nitrogen and oxygen atoms in total. The van der Waals surface area contributed by atoms with Crippen LogP contribution in [0.4, 0.5) is 0 Å². The maximum absolute atomic E-state index is 12.1. The lowest BCUT2D eigenvalue weighted by atomic mass is 10.2. The Bertz CT molecular complexity index is 936. The van der Waals surface area contributed by atoms with Gasteiger partial charge in [0.05, 0.1) is 12.1 Å². The van der Waals surface area contributed by atoms with Crippen LogP contribution in [0.5, 0.6) is 11.5 Å². The highest BCUT2D eigenvalue weighted by Crippen LogP contribution is 2.31. The van der Waals surface area contributed by atoms with Gasteiger partial charge >= 0.3 is 0 Å². The normalized spacial score (nSPS) is 16.5. The van der Waals surface area contributed by atoms with Crippen LogP contribution in [0, 0.1) is 0 Å². The third-order valence-corrected chi connectivity index (χ3v) is 5.12. The minimum Gasteiger partial charge on any atom is -0.486 e. The number of likely N-dealkylation sites (N-methyl/N-ethyl adjacent to an activating group) is 1. The number of nitrogens with zero attached hydrogens (tertiary/aromatic N) is 2. The van der Waals surface area contributed by atoms with Crippen molar-refractivity contribution >= 4 is 21.6 Å². The lowest BCUT2D eigenvalue weighted by Gasteiger charge is -2.30. The maximum Gasteiger partial charge on any atom is 0.268 e. The van der Waals surface area contributed by atoms with E-state index < -0.39 is 0 Å². The number of nitrogens with one attached hydrogen (secondary N) is 1. The van der Waals surface area contributed by atoms with Crippen molar-refractivity contribution in [3.63, 3.8) is 0 Å². The molecule has 1 aromatic carbocycles. The molecule has 3 aromatic rings. The Morgan fingerprint density at radius 1 is 1.32 bits per heavy atom. The molecule has 0 saturated carbocycles. The number of thiophene rings is 1. The van der Waals surface area contributed by atoms with Gasteiger partial charge in [0.2, 0.25) is 0 Å². The van der Waals surface area contributed by atoms with Gasteiger partial charge in [0.15, 0.2) is 11.5 Å². The van der Waals surface area contributed by atoms with Crippen molar-refractivity contribution in [2.45, 2.75) is 19.6 Å². The number of ether oxygens (including phenoxy) is 2. The van der Waals surface area contributed by atoms with Crippen molar-refractivity contribution in [2.24, 2.45) is 0 Å². The Balaban J connectivity index is 1.46. The minimum absolute atomic E-state index is 0.0496. The second kappa shape index (κ2) is 6.85. The molecule has 0 saturated heterocycles. The molecule has 0 unspecified atom stereocenters. The van der Waals surface area contributed by atoms with E-state index in [2.05, 4.69) is 21.8 Å². The molecule has 1 aliphatic heterocycles. The van der Waals surface area contributed by atoms with Crippen LogP contribution in [0.1, 0.15) is 12.7 Å². The van der Waals surface area contributed by atoms with Gasteiger partial charge in [-0.3, -0.25) is 9.69 Å². The summed E-state index contributed by atoms with van der Waals surface area (Å²) in [7, 11) is 0. The van der Waals surface area contributed by atoms with Crippen molar-refractivity contribution < 1.29 is 9.47 Å². The van der Waals surface area contributed by atoms with E-state index in [4.69, 9.17) is 9.47 Å². The predicted octanol–water partition coefficient (Wildman–Crippen LogP) is 2.65. The Labute approximate surface area is 149 Å². The molecule has 1 N–H and O–H groups in total. The lowest BCUT2D eigenvalue weighted by molar-refractivity contribution is 0.0573. The average molecular weight is 357 g/mol. The van der Waals surface area contributed by atoms with Crippen LogP contribution in [0.3, 0.4) is 0 Å². The first-order valence-corrected chi connectivity index (χ1v) is 9.18. The summed E-state index contributed by atoms with van der Waals surface area (Å²) in [5.74, 6) is 2.24. The Kier molecular flexibility index (Phi) is 4.42. The molecule has 130 valence electrons. The number of aromatic amines is 1. The molecule has 0 fully saturated rings. The molecule has 0 aliphatic carbocycles. The highest BCUT2D eigenvalue weighted by Gasteiger charge is 2.23. The first-order valence-electron chi connectivity index (χ1n) is 8.30. The second-order valence-electron chi connectivity index (χ2n) is 5.97.